The number of carbonyl (C=O) groups excluding carboxylic acids is 1. The van der Waals surface area contributed by atoms with Crippen LogP contribution in [0.1, 0.15) is 44.1 Å². The first-order chi connectivity index (χ1) is 10.3. The minimum Gasteiger partial charge on any atom is -0.353 e. The lowest BCUT2D eigenvalue weighted by molar-refractivity contribution is -0.122. The molecule has 1 aromatic carbocycles. The van der Waals surface area contributed by atoms with Crippen LogP contribution in [0.3, 0.4) is 0 Å². The summed E-state index contributed by atoms with van der Waals surface area (Å²) >= 11 is 0. The van der Waals surface area contributed by atoms with Gasteiger partial charge in [0.25, 0.3) is 0 Å². The quantitative estimate of drug-likeness (QED) is 0.873. The molecule has 3 rings (SSSR count). The average molecular weight is 286 g/mol. The van der Waals surface area contributed by atoms with Gasteiger partial charge in [0.2, 0.25) is 5.91 Å². The van der Waals surface area contributed by atoms with Crippen LogP contribution in [0, 0.1) is 5.92 Å². The van der Waals surface area contributed by atoms with Gasteiger partial charge in [0.15, 0.2) is 0 Å². The first-order valence-corrected chi connectivity index (χ1v) is 8.38. The van der Waals surface area contributed by atoms with E-state index in [-0.39, 0.29) is 5.91 Å². The largest absolute Gasteiger partial charge is 0.353 e. The van der Waals surface area contributed by atoms with Crippen LogP contribution in [0.5, 0.6) is 0 Å². The van der Waals surface area contributed by atoms with Gasteiger partial charge in [-0.3, -0.25) is 4.79 Å². The van der Waals surface area contributed by atoms with Crippen LogP contribution < -0.4 is 10.6 Å². The fraction of sp³-hybridized carbons (Fsp3) is 0.611. The van der Waals surface area contributed by atoms with E-state index in [0.717, 1.165) is 25.8 Å². The standard InChI is InChI=1S/C18H26N2O/c21-18(13-16-9-5-11-19-16)20-17-10-4-8-15(17)12-14-6-2-1-3-7-14/h1-3,6-7,15-17,19H,4-5,8-13H2,(H,20,21). The van der Waals surface area contributed by atoms with Crippen LogP contribution >= 0.6 is 0 Å². The Hall–Kier alpha value is -1.35. The molecule has 1 aliphatic carbocycles. The Labute approximate surface area is 127 Å². The molecule has 114 valence electrons. The fourth-order valence-electron chi connectivity index (χ4n) is 3.81. The smallest absolute Gasteiger partial charge is 0.221 e. The summed E-state index contributed by atoms with van der Waals surface area (Å²) in [6.45, 7) is 1.07. The molecule has 2 N–H and O–H groups in total. The van der Waals surface area contributed by atoms with E-state index < -0.39 is 0 Å². The van der Waals surface area contributed by atoms with Crippen LogP contribution in [-0.2, 0) is 11.2 Å². The van der Waals surface area contributed by atoms with E-state index >= 15 is 0 Å². The van der Waals surface area contributed by atoms with Crippen LogP contribution in [0.25, 0.3) is 0 Å². The summed E-state index contributed by atoms with van der Waals surface area (Å²) in [6.07, 6.45) is 7.71. The van der Waals surface area contributed by atoms with E-state index in [1.165, 1.54) is 24.8 Å². The van der Waals surface area contributed by atoms with Crippen LogP contribution in [-0.4, -0.2) is 24.5 Å². The van der Waals surface area contributed by atoms with Crippen LogP contribution in [0.2, 0.25) is 0 Å². The van der Waals surface area contributed by atoms with Crippen molar-refractivity contribution >= 4 is 5.91 Å². The maximum atomic E-state index is 12.2. The molecule has 1 heterocycles. The van der Waals surface area contributed by atoms with Gasteiger partial charge in [0, 0.05) is 18.5 Å². The topological polar surface area (TPSA) is 41.1 Å². The second kappa shape index (κ2) is 7.08. The Morgan fingerprint density at radius 1 is 1.14 bits per heavy atom. The summed E-state index contributed by atoms with van der Waals surface area (Å²) in [7, 11) is 0. The number of amides is 1. The number of benzene rings is 1. The Bertz CT molecular complexity index is 454. The molecule has 1 aliphatic heterocycles. The lowest BCUT2D eigenvalue weighted by atomic mass is 9.94. The Morgan fingerprint density at radius 2 is 2.00 bits per heavy atom. The number of rotatable bonds is 5. The van der Waals surface area contributed by atoms with Crippen LogP contribution in [0.4, 0.5) is 0 Å². The van der Waals surface area contributed by atoms with Crippen molar-refractivity contribution in [2.45, 2.75) is 57.0 Å². The van der Waals surface area contributed by atoms with Crippen molar-refractivity contribution in [1.82, 2.24) is 10.6 Å². The van der Waals surface area contributed by atoms with E-state index in [0.29, 0.717) is 24.4 Å². The predicted molar refractivity (Wildman–Crippen MR) is 85.1 cm³/mol. The molecule has 1 aromatic rings. The predicted octanol–water partition coefficient (Wildman–Crippen LogP) is 2.66. The van der Waals surface area contributed by atoms with Gasteiger partial charge in [0.1, 0.15) is 0 Å². The highest BCUT2D eigenvalue weighted by atomic mass is 16.1. The maximum Gasteiger partial charge on any atom is 0.221 e. The minimum atomic E-state index is 0.236. The van der Waals surface area contributed by atoms with Gasteiger partial charge in [-0.15, -0.1) is 0 Å². The summed E-state index contributed by atoms with van der Waals surface area (Å²) in [5.41, 5.74) is 1.39. The highest BCUT2D eigenvalue weighted by Gasteiger charge is 2.29. The highest BCUT2D eigenvalue weighted by molar-refractivity contribution is 5.77. The van der Waals surface area contributed by atoms with Gasteiger partial charge >= 0.3 is 0 Å². The molecule has 1 saturated carbocycles. The third kappa shape index (κ3) is 4.07. The molecule has 0 bridgehead atoms. The van der Waals surface area contributed by atoms with Gasteiger partial charge in [-0.25, -0.2) is 0 Å². The number of carbonyl (C=O) groups is 1. The fourth-order valence-corrected chi connectivity index (χ4v) is 3.81. The third-order valence-electron chi connectivity index (χ3n) is 4.94. The Morgan fingerprint density at radius 3 is 2.76 bits per heavy atom. The summed E-state index contributed by atoms with van der Waals surface area (Å²) in [4.78, 5) is 12.2. The summed E-state index contributed by atoms with van der Waals surface area (Å²) in [5, 5.41) is 6.70. The molecule has 3 heteroatoms. The molecule has 3 atom stereocenters. The average Bonchev–Trinajstić information content (AvgIpc) is 3.13. The molecular weight excluding hydrogens is 260 g/mol. The minimum absolute atomic E-state index is 0.236. The molecule has 1 amide bonds. The lowest BCUT2D eigenvalue weighted by Gasteiger charge is -2.22. The van der Waals surface area contributed by atoms with Crippen molar-refractivity contribution in [2.24, 2.45) is 5.92 Å². The second-order valence-corrected chi connectivity index (χ2v) is 6.55. The number of nitrogens with one attached hydrogen (secondary N) is 2. The van der Waals surface area contributed by atoms with Gasteiger partial charge < -0.3 is 10.6 Å². The molecular formula is C18H26N2O. The summed E-state index contributed by atoms with van der Waals surface area (Å²) in [6, 6.07) is 11.4. The van der Waals surface area contributed by atoms with Crippen LogP contribution in [0.15, 0.2) is 30.3 Å². The molecule has 0 radical (unpaired) electrons. The molecule has 2 fully saturated rings. The number of hydrogen-bond donors (Lipinski definition) is 2. The summed E-state index contributed by atoms with van der Waals surface area (Å²) in [5.74, 6) is 0.840. The molecule has 21 heavy (non-hydrogen) atoms. The second-order valence-electron chi connectivity index (χ2n) is 6.55. The van der Waals surface area contributed by atoms with E-state index in [4.69, 9.17) is 0 Å². The molecule has 3 nitrogen and oxygen atoms in total. The Balaban J connectivity index is 1.50. The van der Waals surface area contributed by atoms with Crippen molar-refractivity contribution in [1.29, 1.82) is 0 Å². The molecule has 0 spiro atoms. The van der Waals surface area contributed by atoms with Gasteiger partial charge in [-0.05, 0) is 50.1 Å². The zero-order valence-corrected chi connectivity index (χ0v) is 12.7. The monoisotopic (exact) mass is 286 g/mol. The van der Waals surface area contributed by atoms with Gasteiger partial charge in [0.05, 0.1) is 0 Å². The van der Waals surface area contributed by atoms with E-state index in [1.54, 1.807) is 0 Å². The van der Waals surface area contributed by atoms with Crippen molar-refractivity contribution in [3.05, 3.63) is 35.9 Å². The van der Waals surface area contributed by atoms with E-state index in [2.05, 4.69) is 41.0 Å². The normalized spacial score (nSPS) is 28.7. The van der Waals surface area contributed by atoms with Crippen molar-refractivity contribution in [3.8, 4) is 0 Å². The van der Waals surface area contributed by atoms with E-state index in [9.17, 15) is 4.79 Å². The molecule has 3 unspecified atom stereocenters. The van der Waals surface area contributed by atoms with Gasteiger partial charge in [-0.2, -0.15) is 0 Å². The van der Waals surface area contributed by atoms with Crippen molar-refractivity contribution in [3.63, 3.8) is 0 Å². The SMILES string of the molecule is O=C(CC1CCCN1)NC1CCCC1Cc1ccccc1. The highest BCUT2D eigenvalue weighted by Crippen LogP contribution is 2.29. The Kier molecular flexibility index (Phi) is 4.91. The van der Waals surface area contributed by atoms with Gasteiger partial charge in [-0.1, -0.05) is 36.8 Å². The van der Waals surface area contributed by atoms with E-state index in [1.807, 2.05) is 0 Å². The van der Waals surface area contributed by atoms with Crippen molar-refractivity contribution < 1.29 is 4.79 Å². The number of hydrogen-bond acceptors (Lipinski definition) is 2. The lowest BCUT2D eigenvalue weighted by Crippen LogP contribution is -2.40. The molecule has 1 saturated heterocycles. The zero-order valence-electron chi connectivity index (χ0n) is 12.7. The third-order valence-corrected chi connectivity index (χ3v) is 4.94. The van der Waals surface area contributed by atoms with Crippen molar-refractivity contribution in [2.75, 3.05) is 6.54 Å². The first kappa shape index (κ1) is 14.6. The molecule has 2 aliphatic rings. The first-order valence-electron chi connectivity index (χ1n) is 8.38. The maximum absolute atomic E-state index is 12.2. The zero-order chi connectivity index (χ0) is 14.5. The summed E-state index contributed by atoms with van der Waals surface area (Å²) < 4.78 is 0. The molecule has 0 aromatic heterocycles.